The molecule has 0 bridgehead atoms. The third-order valence-corrected chi connectivity index (χ3v) is 5.57. The van der Waals surface area contributed by atoms with Crippen LogP contribution >= 0.6 is 0 Å². The Bertz CT molecular complexity index is 733. The molecule has 0 atom stereocenters. The van der Waals surface area contributed by atoms with Crippen LogP contribution in [0, 0.1) is 11.7 Å². The lowest BCUT2D eigenvalue weighted by Crippen LogP contribution is -2.36. The Balaban J connectivity index is 1.55. The average molecular weight is 373 g/mol. The van der Waals surface area contributed by atoms with Crippen LogP contribution in [-0.4, -0.2) is 71.0 Å². The van der Waals surface area contributed by atoms with E-state index in [9.17, 15) is 4.39 Å². The summed E-state index contributed by atoms with van der Waals surface area (Å²) in [6.45, 7) is 6.34. The van der Waals surface area contributed by atoms with E-state index in [1.807, 2.05) is 4.68 Å². The Morgan fingerprint density at radius 3 is 2.48 bits per heavy atom. The summed E-state index contributed by atoms with van der Waals surface area (Å²) in [7, 11) is 2.18. The summed E-state index contributed by atoms with van der Waals surface area (Å²) in [5.41, 5.74) is 0.863. The first kappa shape index (κ1) is 18.5. The van der Waals surface area contributed by atoms with Crippen LogP contribution in [0.3, 0.4) is 0 Å². The maximum absolute atomic E-state index is 13.4. The van der Waals surface area contributed by atoms with Crippen molar-refractivity contribution in [3.63, 3.8) is 0 Å². The topological polar surface area (TPSA) is 46.4 Å². The number of hydrogen-bond donors (Lipinski definition) is 0. The van der Waals surface area contributed by atoms with Crippen molar-refractivity contribution >= 4 is 0 Å². The number of aromatic nitrogens is 3. The molecule has 7 heteroatoms. The van der Waals surface area contributed by atoms with Crippen LogP contribution < -0.4 is 0 Å². The van der Waals surface area contributed by atoms with Crippen molar-refractivity contribution < 1.29 is 9.13 Å². The van der Waals surface area contributed by atoms with E-state index in [2.05, 4.69) is 16.8 Å². The smallest absolute Gasteiger partial charge is 0.151 e. The van der Waals surface area contributed by atoms with Crippen molar-refractivity contribution in [2.24, 2.45) is 5.92 Å². The monoisotopic (exact) mass is 373 g/mol. The third kappa shape index (κ3) is 4.72. The molecule has 2 aliphatic rings. The number of likely N-dealkylation sites (tertiary alicyclic amines) is 1. The van der Waals surface area contributed by atoms with Gasteiger partial charge in [0.25, 0.3) is 0 Å². The molecule has 1 aromatic carbocycles. The van der Waals surface area contributed by atoms with E-state index in [4.69, 9.17) is 14.8 Å². The largest absolute Gasteiger partial charge is 0.379 e. The molecule has 1 aromatic heterocycles. The van der Waals surface area contributed by atoms with Gasteiger partial charge in [0.2, 0.25) is 0 Å². The zero-order valence-electron chi connectivity index (χ0n) is 16.0. The lowest BCUT2D eigenvalue weighted by atomic mass is 9.94. The maximum atomic E-state index is 13.4. The van der Waals surface area contributed by atoms with Gasteiger partial charge < -0.3 is 9.64 Å². The summed E-state index contributed by atoms with van der Waals surface area (Å²) in [6.07, 6.45) is 3.30. The predicted octanol–water partition coefficient (Wildman–Crippen LogP) is 2.12. The summed E-state index contributed by atoms with van der Waals surface area (Å²) in [4.78, 5) is 9.60. The van der Waals surface area contributed by atoms with Crippen LogP contribution in [0.2, 0.25) is 0 Å². The van der Waals surface area contributed by atoms with Gasteiger partial charge in [-0.05, 0) is 63.2 Å². The minimum atomic E-state index is -0.236. The van der Waals surface area contributed by atoms with Crippen LogP contribution in [0.1, 0.15) is 24.5 Å². The first-order chi connectivity index (χ1) is 13.2. The first-order valence-corrected chi connectivity index (χ1v) is 9.87. The molecule has 0 amide bonds. The molecule has 0 radical (unpaired) electrons. The molecule has 0 saturated carbocycles. The van der Waals surface area contributed by atoms with Gasteiger partial charge in [0.1, 0.15) is 11.6 Å². The van der Waals surface area contributed by atoms with Gasteiger partial charge >= 0.3 is 0 Å². The summed E-state index contributed by atoms with van der Waals surface area (Å²) >= 11 is 0. The van der Waals surface area contributed by atoms with E-state index in [-0.39, 0.29) is 5.82 Å². The van der Waals surface area contributed by atoms with Gasteiger partial charge in [-0.25, -0.2) is 14.1 Å². The minimum absolute atomic E-state index is 0.236. The summed E-state index contributed by atoms with van der Waals surface area (Å²) in [5.74, 6) is 2.23. The van der Waals surface area contributed by atoms with E-state index in [0.29, 0.717) is 5.92 Å². The Morgan fingerprint density at radius 2 is 1.78 bits per heavy atom. The van der Waals surface area contributed by atoms with Crippen molar-refractivity contribution in [2.75, 3.05) is 46.4 Å². The molecule has 2 saturated heterocycles. The standard InChI is InChI=1S/C20H28FN5O/c1-24-8-6-16(7-9-24)14-19-22-20(15-25-10-12-27-13-11-25)26(23-19)18-4-2-17(21)3-5-18/h2-5,16H,6-15H2,1H3. The summed E-state index contributed by atoms with van der Waals surface area (Å²) in [5, 5.41) is 4.80. The number of morpholine rings is 1. The molecule has 6 nitrogen and oxygen atoms in total. The second-order valence-corrected chi connectivity index (χ2v) is 7.67. The van der Waals surface area contributed by atoms with Gasteiger partial charge in [0.15, 0.2) is 5.82 Å². The lowest BCUT2D eigenvalue weighted by Gasteiger charge is -2.28. The number of hydrogen-bond acceptors (Lipinski definition) is 5. The normalized spacial score (nSPS) is 20.2. The Hall–Kier alpha value is -1.83. The van der Waals surface area contributed by atoms with Gasteiger partial charge in [0.05, 0.1) is 25.4 Å². The number of rotatable bonds is 5. The number of nitrogens with zero attached hydrogens (tertiary/aromatic N) is 5. The predicted molar refractivity (Wildman–Crippen MR) is 101 cm³/mol. The van der Waals surface area contributed by atoms with Gasteiger partial charge in [-0.3, -0.25) is 4.90 Å². The molecule has 146 valence electrons. The molecule has 2 fully saturated rings. The average Bonchev–Trinajstić information content (AvgIpc) is 3.07. The Morgan fingerprint density at radius 1 is 1.07 bits per heavy atom. The van der Waals surface area contributed by atoms with Crippen molar-refractivity contribution in [3.8, 4) is 5.69 Å². The van der Waals surface area contributed by atoms with Gasteiger partial charge in [-0.15, -0.1) is 0 Å². The van der Waals surface area contributed by atoms with Crippen molar-refractivity contribution in [3.05, 3.63) is 41.7 Å². The highest BCUT2D eigenvalue weighted by Crippen LogP contribution is 2.21. The second-order valence-electron chi connectivity index (χ2n) is 7.67. The van der Waals surface area contributed by atoms with Gasteiger partial charge in [-0.2, -0.15) is 5.10 Å². The fourth-order valence-corrected chi connectivity index (χ4v) is 3.85. The highest BCUT2D eigenvalue weighted by Gasteiger charge is 2.22. The third-order valence-electron chi connectivity index (χ3n) is 5.57. The molecule has 0 aliphatic carbocycles. The molecule has 4 rings (SSSR count). The SMILES string of the molecule is CN1CCC(Cc2nc(CN3CCOCC3)n(-c3ccc(F)cc3)n2)CC1. The molecular weight excluding hydrogens is 345 g/mol. The van der Waals surface area contributed by atoms with Crippen LogP contribution in [0.15, 0.2) is 24.3 Å². The molecule has 2 aromatic rings. The molecule has 3 heterocycles. The van der Waals surface area contributed by atoms with Crippen LogP contribution in [0.25, 0.3) is 5.69 Å². The van der Waals surface area contributed by atoms with E-state index in [0.717, 1.165) is 69.7 Å². The molecule has 0 unspecified atom stereocenters. The highest BCUT2D eigenvalue weighted by atomic mass is 19.1. The maximum Gasteiger partial charge on any atom is 0.151 e. The minimum Gasteiger partial charge on any atom is -0.379 e. The van der Waals surface area contributed by atoms with Gasteiger partial charge in [0, 0.05) is 19.5 Å². The highest BCUT2D eigenvalue weighted by molar-refractivity contribution is 5.32. The van der Waals surface area contributed by atoms with E-state index in [1.54, 1.807) is 12.1 Å². The number of benzene rings is 1. The zero-order chi connectivity index (χ0) is 18.6. The van der Waals surface area contributed by atoms with E-state index >= 15 is 0 Å². The van der Waals surface area contributed by atoms with Crippen LogP contribution in [0.4, 0.5) is 4.39 Å². The van der Waals surface area contributed by atoms with Crippen molar-refractivity contribution in [1.82, 2.24) is 24.6 Å². The van der Waals surface area contributed by atoms with Crippen LogP contribution in [0.5, 0.6) is 0 Å². The fraction of sp³-hybridized carbons (Fsp3) is 0.600. The summed E-state index contributed by atoms with van der Waals surface area (Å²) < 4.78 is 20.7. The number of ether oxygens (including phenoxy) is 1. The Labute approximate surface area is 159 Å². The number of halogens is 1. The first-order valence-electron chi connectivity index (χ1n) is 9.87. The molecular formula is C20H28FN5O. The number of piperidine rings is 1. The summed E-state index contributed by atoms with van der Waals surface area (Å²) in [6, 6.07) is 6.50. The lowest BCUT2D eigenvalue weighted by molar-refractivity contribution is 0.0328. The van der Waals surface area contributed by atoms with Gasteiger partial charge in [-0.1, -0.05) is 0 Å². The van der Waals surface area contributed by atoms with E-state index < -0.39 is 0 Å². The molecule has 2 aliphatic heterocycles. The molecule has 27 heavy (non-hydrogen) atoms. The van der Waals surface area contributed by atoms with Crippen molar-refractivity contribution in [2.45, 2.75) is 25.8 Å². The van der Waals surface area contributed by atoms with Crippen LogP contribution in [-0.2, 0) is 17.7 Å². The Kier molecular flexibility index (Phi) is 5.80. The fourth-order valence-electron chi connectivity index (χ4n) is 3.85. The van der Waals surface area contributed by atoms with Crippen molar-refractivity contribution in [1.29, 1.82) is 0 Å². The van der Waals surface area contributed by atoms with E-state index in [1.165, 1.54) is 25.0 Å². The second kappa shape index (κ2) is 8.46. The quantitative estimate of drug-likeness (QED) is 0.803. The molecule has 0 N–H and O–H groups in total. The zero-order valence-corrected chi connectivity index (χ0v) is 16.0. The molecule has 0 spiro atoms.